The SMILES string of the molecule is Cc1ccc(C)c(-c2noc(C3CCCCC3N)n2)c1. The van der Waals surface area contributed by atoms with Crippen molar-refractivity contribution in [3.05, 3.63) is 35.2 Å². The summed E-state index contributed by atoms with van der Waals surface area (Å²) in [5, 5.41) is 4.16. The summed E-state index contributed by atoms with van der Waals surface area (Å²) in [6.07, 6.45) is 4.50. The zero-order valence-electron chi connectivity index (χ0n) is 12.1. The van der Waals surface area contributed by atoms with Gasteiger partial charge in [-0.2, -0.15) is 4.98 Å². The van der Waals surface area contributed by atoms with E-state index >= 15 is 0 Å². The highest BCUT2D eigenvalue weighted by Crippen LogP contribution is 2.32. The molecule has 0 bridgehead atoms. The van der Waals surface area contributed by atoms with Gasteiger partial charge in [-0.05, 0) is 38.3 Å². The minimum Gasteiger partial charge on any atom is -0.339 e. The highest BCUT2D eigenvalue weighted by Gasteiger charge is 2.28. The Balaban J connectivity index is 1.91. The zero-order chi connectivity index (χ0) is 14.1. The topological polar surface area (TPSA) is 64.9 Å². The predicted octanol–water partition coefficient (Wildman–Crippen LogP) is 3.34. The number of benzene rings is 1. The van der Waals surface area contributed by atoms with Gasteiger partial charge in [0.1, 0.15) is 0 Å². The first-order valence-corrected chi connectivity index (χ1v) is 7.32. The van der Waals surface area contributed by atoms with Crippen LogP contribution in [0.15, 0.2) is 22.7 Å². The Kier molecular flexibility index (Phi) is 3.57. The predicted molar refractivity (Wildman–Crippen MR) is 78.4 cm³/mol. The van der Waals surface area contributed by atoms with Crippen LogP contribution in [0.3, 0.4) is 0 Å². The molecule has 2 aromatic rings. The highest BCUT2D eigenvalue weighted by atomic mass is 16.5. The monoisotopic (exact) mass is 271 g/mol. The first kappa shape index (κ1) is 13.3. The fourth-order valence-corrected chi connectivity index (χ4v) is 2.94. The molecule has 0 spiro atoms. The number of nitrogens with two attached hydrogens (primary N) is 1. The molecule has 4 nitrogen and oxygen atoms in total. The van der Waals surface area contributed by atoms with Crippen LogP contribution in [0.4, 0.5) is 0 Å². The molecule has 1 heterocycles. The first-order valence-electron chi connectivity index (χ1n) is 7.32. The van der Waals surface area contributed by atoms with Gasteiger partial charge < -0.3 is 10.3 Å². The van der Waals surface area contributed by atoms with Crippen LogP contribution >= 0.6 is 0 Å². The molecule has 2 N–H and O–H groups in total. The van der Waals surface area contributed by atoms with E-state index in [4.69, 9.17) is 10.3 Å². The molecule has 1 aromatic carbocycles. The van der Waals surface area contributed by atoms with Crippen LogP contribution in [0.2, 0.25) is 0 Å². The van der Waals surface area contributed by atoms with Gasteiger partial charge in [0.2, 0.25) is 11.7 Å². The average molecular weight is 271 g/mol. The van der Waals surface area contributed by atoms with Crippen LogP contribution in [-0.4, -0.2) is 16.2 Å². The number of rotatable bonds is 2. The fraction of sp³-hybridized carbons (Fsp3) is 0.500. The summed E-state index contributed by atoms with van der Waals surface area (Å²) in [7, 11) is 0. The van der Waals surface area contributed by atoms with Crippen molar-refractivity contribution in [3.8, 4) is 11.4 Å². The molecule has 1 aliphatic rings. The number of nitrogens with zero attached hydrogens (tertiary/aromatic N) is 2. The maximum Gasteiger partial charge on any atom is 0.231 e. The molecule has 1 fully saturated rings. The third kappa shape index (κ3) is 2.48. The summed E-state index contributed by atoms with van der Waals surface area (Å²) < 4.78 is 5.48. The third-order valence-electron chi connectivity index (χ3n) is 4.21. The van der Waals surface area contributed by atoms with Gasteiger partial charge in [-0.3, -0.25) is 0 Å². The number of hydrogen-bond acceptors (Lipinski definition) is 4. The van der Waals surface area contributed by atoms with Gasteiger partial charge in [-0.15, -0.1) is 0 Å². The molecule has 0 saturated heterocycles. The Morgan fingerprint density at radius 1 is 1.20 bits per heavy atom. The lowest BCUT2D eigenvalue weighted by Gasteiger charge is -2.25. The molecule has 106 valence electrons. The van der Waals surface area contributed by atoms with Crippen molar-refractivity contribution in [2.45, 2.75) is 51.5 Å². The van der Waals surface area contributed by atoms with E-state index in [0.29, 0.717) is 11.7 Å². The molecule has 0 radical (unpaired) electrons. The maximum atomic E-state index is 6.19. The molecular formula is C16H21N3O. The van der Waals surface area contributed by atoms with Crippen molar-refractivity contribution in [2.75, 3.05) is 0 Å². The van der Waals surface area contributed by atoms with Gasteiger partial charge in [0.25, 0.3) is 0 Å². The van der Waals surface area contributed by atoms with E-state index in [1.165, 1.54) is 18.4 Å². The third-order valence-corrected chi connectivity index (χ3v) is 4.21. The number of hydrogen-bond donors (Lipinski definition) is 1. The Morgan fingerprint density at radius 3 is 2.80 bits per heavy atom. The lowest BCUT2D eigenvalue weighted by atomic mass is 9.85. The van der Waals surface area contributed by atoms with Crippen LogP contribution in [0.5, 0.6) is 0 Å². The van der Waals surface area contributed by atoms with E-state index in [1.54, 1.807) is 0 Å². The minimum absolute atomic E-state index is 0.149. The number of aromatic nitrogens is 2. The van der Waals surface area contributed by atoms with E-state index in [9.17, 15) is 0 Å². The lowest BCUT2D eigenvalue weighted by molar-refractivity contribution is 0.290. The second kappa shape index (κ2) is 5.37. The van der Waals surface area contributed by atoms with Crippen LogP contribution in [0.25, 0.3) is 11.4 Å². The molecule has 1 aliphatic carbocycles. The first-order chi connectivity index (χ1) is 9.65. The maximum absolute atomic E-state index is 6.19. The highest BCUT2D eigenvalue weighted by molar-refractivity contribution is 5.60. The Morgan fingerprint density at radius 2 is 2.00 bits per heavy atom. The minimum atomic E-state index is 0.149. The molecule has 3 rings (SSSR count). The summed E-state index contributed by atoms with van der Waals surface area (Å²) in [5.74, 6) is 1.60. The zero-order valence-corrected chi connectivity index (χ0v) is 12.1. The van der Waals surface area contributed by atoms with Crippen molar-refractivity contribution in [1.29, 1.82) is 0 Å². The van der Waals surface area contributed by atoms with Crippen molar-refractivity contribution in [3.63, 3.8) is 0 Å². The van der Waals surface area contributed by atoms with Crippen LogP contribution < -0.4 is 5.73 Å². The standard InChI is InChI=1S/C16H21N3O/c1-10-7-8-11(2)13(9-10)15-18-16(20-19-15)12-5-3-4-6-14(12)17/h7-9,12,14H,3-6,17H2,1-2H3. The molecule has 1 saturated carbocycles. The van der Waals surface area contributed by atoms with Gasteiger partial charge in [-0.25, -0.2) is 0 Å². The second-order valence-corrected chi connectivity index (χ2v) is 5.83. The van der Waals surface area contributed by atoms with Crippen molar-refractivity contribution in [2.24, 2.45) is 5.73 Å². The average Bonchev–Trinajstić information content (AvgIpc) is 2.91. The van der Waals surface area contributed by atoms with Crippen LogP contribution in [0, 0.1) is 13.8 Å². The van der Waals surface area contributed by atoms with Gasteiger partial charge >= 0.3 is 0 Å². The summed E-state index contributed by atoms with van der Waals surface area (Å²) in [5.41, 5.74) is 9.59. The smallest absolute Gasteiger partial charge is 0.231 e. The van der Waals surface area contributed by atoms with E-state index in [1.807, 2.05) is 0 Å². The molecule has 4 heteroatoms. The van der Waals surface area contributed by atoms with Gasteiger partial charge in [0.15, 0.2) is 0 Å². The largest absolute Gasteiger partial charge is 0.339 e. The van der Waals surface area contributed by atoms with E-state index < -0.39 is 0 Å². The Hall–Kier alpha value is -1.68. The molecule has 2 atom stereocenters. The van der Waals surface area contributed by atoms with Crippen molar-refractivity contribution in [1.82, 2.24) is 10.1 Å². The summed E-state index contributed by atoms with van der Waals surface area (Å²) in [4.78, 5) is 4.60. The van der Waals surface area contributed by atoms with Crippen LogP contribution in [0.1, 0.15) is 48.6 Å². The Bertz CT molecular complexity index is 606. The van der Waals surface area contributed by atoms with Crippen LogP contribution in [-0.2, 0) is 0 Å². The van der Waals surface area contributed by atoms with Gasteiger partial charge in [-0.1, -0.05) is 35.7 Å². The quantitative estimate of drug-likeness (QED) is 0.909. The molecule has 0 amide bonds. The van der Waals surface area contributed by atoms with Gasteiger partial charge in [0, 0.05) is 11.6 Å². The Labute approximate surface area is 119 Å². The van der Waals surface area contributed by atoms with E-state index in [0.717, 1.165) is 24.0 Å². The van der Waals surface area contributed by atoms with Crippen molar-refractivity contribution < 1.29 is 4.52 Å². The van der Waals surface area contributed by atoms with Gasteiger partial charge in [0.05, 0.1) is 5.92 Å². The molecule has 20 heavy (non-hydrogen) atoms. The van der Waals surface area contributed by atoms with E-state index in [2.05, 4.69) is 42.2 Å². The number of aryl methyl sites for hydroxylation is 2. The normalized spacial score (nSPS) is 22.9. The molecular weight excluding hydrogens is 250 g/mol. The summed E-state index contributed by atoms with van der Waals surface area (Å²) in [6, 6.07) is 6.44. The second-order valence-electron chi connectivity index (χ2n) is 5.83. The molecule has 2 unspecified atom stereocenters. The fourth-order valence-electron chi connectivity index (χ4n) is 2.94. The van der Waals surface area contributed by atoms with Crippen molar-refractivity contribution >= 4 is 0 Å². The lowest BCUT2D eigenvalue weighted by Crippen LogP contribution is -2.31. The summed E-state index contributed by atoms with van der Waals surface area (Å²) in [6.45, 7) is 4.14. The summed E-state index contributed by atoms with van der Waals surface area (Å²) >= 11 is 0. The molecule has 0 aliphatic heterocycles. The molecule has 1 aromatic heterocycles. The van der Waals surface area contributed by atoms with E-state index in [-0.39, 0.29) is 12.0 Å².